The first-order valence-electron chi connectivity index (χ1n) is 6.01. The molecule has 0 unspecified atom stereocenters. The highest BCUT2D eigenvalue weighted by molar-refractivity contribution is 6.31. The lowest BCUT2D eigenvalue weighted by molar-refractivity contribution is 0.965. The van der Waals surface area contributed by atoms with Crippen LogP contribution in [0.15, 0.2) is 30.3 Å². The molecule has 0 amide bonds. The second-order valence-electron chi connectivity index (χ2n) is 3.88. The van der Waals surface area contributed by atoms with Crippen molar-refractivity contribution in [2.24, 2.45) is 0 Å². The molecule has 92 valence electrons. The summed E-state index contributed by atoms with van der Waals surface area (Å²) in [6.07, 6.45) is 0. The number of rotatable bonds is 1. The highest BCUT2D eigenvalue weighted by atomic mass is 35.5. The minimum Gasteiger partial charge on any atom is -0.318 e. The van der Waals surface area contributed by atoms with Crippen molar-refractivity contribution in [1.82, 2.24) is 4.57 Å². The summed E-state index contributed by atoms with van der Waals surface area (Å²) in [7, 11) is 0. The van der Waals surface area contributed by atoms with Gasteiger partial charge in [-0.05, 0) is 50.6 Å². The average molecular weight is 250 g/mol. The van der Waals surface area contributed by atoms with Crippen LogP contribution in [0.4, 0.5) is 0 Å². The Balaban J connectivity index is 0.000000686. The van der Waals surface area contributed by atoms with Crippen LogP contribution < -0.4 is 0 Å². The highest BCUT2D eigenvalue weighted by Crippen LogP contribution is 2.22. The summed E-state index contributed by atoms with van der Waals surface area (Å²) in [6.45, 7) is 10.2. The van der Waals surface area contributed by atoms with E-state index in [1.165, 1.54) is 11.4 Å². The number of hydrogen-bond donors (Lipinski definition) is 0. The summed E-state index contributed by atoms with van der Waals surface area (Å²) in [5, 5.41) is 0.819. The lowest BCUT2D eigenvalue weighted by Gasteiger charge is -2.10. The van der Waals surface area contributed by atoms with Gasteiger partial charge in [0, 0.05) is 22.1 Å². The van der Waals surface area contributed by atoms with Crippen LogP contribution in [0.1, 0.15) is 30.8 Å². The Labute approximate surface area is 109 Å². The summed E-state index contributed by atoms with van der Waals surface area (Å²) >= 11 is 6.12. The molecule has 1 aromatic heterocycles. The number of hydrogen-bond acceptors (Lipinski definition) is 0. The van der Waals surface area contributed by atoms with Gasteiger partial charge in [-0.15, -0.1) is 0 Å². The van der Waals surface area contributed by atoms with Gasteiger partial charge in [-0.2, -0.15) is 0 Å². The minimum atomic E-state index is 0.819. The normalized spacial score (nSPS) is 9.76. The van der Waals surface area contributed by atoms with Crippen molar-refractivity contribution in [3.05, 3.63) is 52.3 Å². The first-order chi connectivity index (χ1) is 8.09. The predicted molar refractivity (Wildman–Crippen MR) is 76.3 cm³/mol. The molecule has 0 spiro atoms. The van der Waals surface area contributed by atoms with Crippen molar-refractivity contribution in [2.45, 2.75) is 34.6 Å². The van der Waals surface area contributed by atoms with Crippen LogP contribution in [-0.2, 0) is 0 Å². The van der Waals surface area contributed by atoms with E-state index in [0.29, 0.717) is 0 Å². The zero-order valence-corrected chi connectivity index (χ0v) is 12.0. The van der Waals surface area contributed by atoms with Crippen molar-refractivity contribution in [1.29, 1.82) is 0 Å². The van der Waals surface area contributed by atoms with Gasteiger partial charge < -0.3 is 4.57 Å². The third-order valence-corrected chi connectivity index (χ3v) is 3.09. The topological polar surface area (TPSA) is 4.93 Å². The lowest BCUT2D eigenvalue weighted by atomic mass is 10.2. The predicted octanol–water partition coefficient (Wildman–Crippen LogP) is 5.08. The maximum atomic E-state index is 6.12. The maximum absolute atomic E-state index is 6.12. The van der Waals surface area contributed by atoms with E-state index in [-0.39, 0.29) is 0 Å². The van der Waals surface area contributed by atoms with E-state index in [1.807, 2.05) is 26.8 Å². The molecule has 0 aliphatic carbocycles. The number of benzene rings is 1. The number of nitrogens with zero attached hydrogens (tertiary/aromatic N) is 1. The van der Waals surface area contributed by atoms with Gasteiger partial charge in [0.1, 0.15) is 0 Å². The van der Waals surface area contributed by atoms with Crippen molar-refractivity contribution in [3.8, 4) is 5.69 Å². The van der Waals surface area contributed by atoms with Crippen LogP contribution in [0.25, 0.3) is 5.69 Å². The Bertz CT molecular complexity index is 478. The molecular weight excluding hydrogens is 230 g/mol. The molecule has 0 N–H and O–H groups in total. The third kappa shape index (κ3) is 2.92. The van der Waals surface area contributed by atoms with Crippen LogP contribution in [0.2, 0.25) is 5.02 Å². The van der Waals surface area contributed by atoms with Gasteiger partial charge in [0.2, 0.25) is 0 Å². The summed E-state index contributed by atoms with van der Waals surface area (Å²) in [5.74, 6) is 0. The lowest BCUT2D eigenvalue weighted by Crippen LogP contribution is -1.98. The molecule has 0 saturated carbocycles. The molecule has 1 heterocycles. The van der Waals surface area contributed by atoms with Crippen molar-refractivity contribution < 1.29 is 0 Å². The first-order valence-corrected chi connectivity index (χ1v) is 6.39. The van der Waals surface area contributed by atoms with Gasteiger partial charge >= 0.3 is 0 Å². The van der Waals surface area contributed by atoms with Crippen LogP contribution in [-0.4, -0.2) is 4.57 Å². The molecule has 1 aromatic carbocycles. The second-order valence-corrected chi connectivity index (χ2v) is 4.29. The molecule has 0 aliphatic heterocycles. The zero-order valence-electron chi connectivity index (χ0n) is 11.2. The van der Waals surface area contributed by atoms with Gasteiger partial charge in [-0.3, -0.25) is 0 Å². The Morgan fingerprint density at radius 3 is 1.88 bits per heavy atom. The fourth-order valence-electron chi connectivity index (χ4n) is 1.80. The van der Waals surface area contributed by atoms with Crippen molar-refractivity contribution in [3.63, 3.8) is 0 Å². The van der Waals surface area contributed by atoms with Crippen molar-refractivity contribution >= 4 is 11.6 Å². The Hall–Kier alpha value is -1.21. The molecule has 2 rings (SSSR count). The smallest absolute Gasteiger partial charge is 0.0469 e. The average Bonchev–Trinajstić information content (AvgIpc) is 2.66. The standard InChI is InChI=1S/C13H14ClN.C2H6/c1-9-4-7-12(8-13(9)14)15-10(2)5-6-11(15)3;1-2/h4-8H,1-3H3;1-2H3. The van der Waals surface area contributed by atoms with Crippen molar-refractivity contribution in [2.75, 3.05) is 0 Å². The van der Waals surface area contributed by atoms with Crippen LogP contribution in [0.3, 0.4) is 0 Å². The van der Waals surface area contributed by atoms with Crippen LogP contribution in [0.5, 0.6) is 0 Å². The molecule has 0 atom stereocenters. The molecule has 0 radical (unpaired) electrons. The van der Waals surface area contributed by atoms with Crippen LogP contribution in [0, 0.1) is 20.8 Å². The van der Waals surface area contributed by atoms with E-state index in [0.717, 1.165) is 16.3 Å². The fourth-order valence-corrected chi connectivity index (χ4v) is 1.97. The van der Waals surface area contributed by atoms with E-state index in [2.05, 4.69) is 42.7 Å². The van der Waals surface area contributed by atoms with Gasteiger partial charge in [-0.25, -0.2) is 0 Å². The largest absolute Gasteiger partial charge is 0.318 e. The summed E-state index contributed by atoms with van der Waals surface area (Å²) < 4.78 is 2.20. The zero-order chi connectivity index (χ0) is 13.0. The fraction of sp³-hybridized carbons (Fsp3) is 0.333. The number of aromatic nitrogens is 1. The number of halogens is 1. The minimum absolute atomic E-state index is 0.819. The molecule has 0 aliphatic rings. The second kappa shape index (κ2) is 5.92. The molecule has 2 heteroatoms. The quantitative estimate of drug-likeness (QED) is 0.664. The van der Waals surface area contributed by atoms with Gasteiger partial charge in [0.05, 0.1) is 0 Å². The molecule has 17 heavy (non-hydrogen) atoms. The monoisotopic (exact) mass is 249 g/mol. The summed E-state index contributed by atoms with van der Waals surface area (Å²) in [5.41, 5.74) is 4.70. The first kappa shape index (κ1) is 13.9. The molecule has 0 bridgehead atoms. The van der Waals surface area contributed by atoms with E-state index < -0.39 is 0 Å². The van der Waals surface area contributed by atoms with E-state index in [4.69, 9.17) is 11.6 Å². The molecular formula is C15H20ClN. The van der Waals surface area contributed by atoms with E-state index >= 15 is 0 Å². The molecule has 0 saturated heterocycles. The maximum Gasteiger partial charge on any atom is 0.0469 e. The van der Waals surface area contributed by atoms with E-state index in [1.54, 1.807) is 0 Å². The summed E-state index contributed by atoms with van der Waals surface area (Å²) in [6, 6.07) is 10.4. The molecule has 0 fully saturated rings. The Morgan fingerprint density at radius 2 is 1.41 bits per heavy atom. The highest BCUT2D eigenvalue weighted by Gasteiger charge is 2.04. The van der Waals surface area contributed by atoms with E-state index in [9.17, 15) is 0 Å². The molecule has 2 aromatic rings. The van der Waals surface area contributed by atoms with Gasteiger partial charge in [-0.1, -0.05) is 31.5 Å². The van der Waals surface area contributed by atoms with Gasteiger partial charge in [0.15, 0.2) is 0 Å². The third-order valence-electron chi connectivity index (χ3n) is 2.68. The van der Waals surface area contributed by atoms with Gasteiger partial charge in [0.25, 0.3) is 0 Å². The molecule has 1 nitrogen and oxygen atoms in total. The van der Waals surface area contributed by atoms with Crippen LogP contribution >= 0.6 is 11.6 Å². The Morgan fingerprint density at radius 1 is 0.882 bits per heavy atom. The SMILES string of the molecule is CC.Cc1ccc(-n2c(C)ccc2C)cc1Cl. The summed E-state index contributed by atoms with van der Waals surface area (Å²) in [4.78, 5) is 0. The Kier molecular flexibility index (Phi) is 4.83. The number of aryl methyl sites for hydroxylation is 3.